The average molecular weight is 471 g/mol. The summed E-state index contributed by atoms with van der Waals surface area (Å²) in [6, 6.07) is 14.8. The third kappa shape index (κ3) is 7.70. The summed E-state index contributed by atoms with van der Waals surface area (Å²) in [5.41, 5.74) is 3.25. The van der Waals surface area contributed by atoms with Gasteiger partial charge in [0.25, 0.3) is 0 Å². The van der Waals surface area contributed by atoms with Gasteiger partial charge in [-0.25, -0.2) is 9.38 Å². The number of hydrogen-bond acceptors (Lipinski definition) is 2. The van der Waals surface area contributed by atoms with Gasteiger partial charge >= 0.3 is 0 Å². The summed E-state index contributed by atoms with van der Waals surface area (Å²) >= 11 is 0. The highest BCUT2D eigenvalue weighted by Crippen LogP contribution is 2.11. The summed E-state index contributed by atoms with van der Waals surface area (Å²) in [7, 11) is 1.69. The minimum Gasteiger partial charge on any atom is -0.380 e. The van der Waals surface area contributed by atoms with Crippen LogP contribution in [0.5, 0.6) is 0 Å². The van der Waals surface area contributed by atoms with Gasteiger partial charge in [-0.1, -0.05) is 36.4 Å². The van der Waals surface area contributed by atoms with Crippen molar-refractivity contribution in [2.45, 2.75) is 26.5 Å². The summed E-state index contributed by atoms with van der Waals surface area (Å²) in [5.74, 6) is 0.555. The number of rotatable bonds is 8. The molecule has 0 spiro atoms. The molecule has 0 radical (unpaired) electrons. The van der Waals surface area contributed by atoms with Crippen LogP contribution in [0.4, 0.5) is 4.39 Å². The molecular formula is C20H27FIN3O. The van der Waals surface area contributed by atoms with Gasteiger partial charge < -0.3 is 15.4 Å². The molecular weight excluding hydrogens is 444 g/mol. The molecule has 0 fully saturated rings. The molecule has 142 valence electrons. The minimum atomic E-state index is -0.201. The lowest BCUT2D eigenvalue weighted by Gasteiger charge is -2.12. The first kappa shape index (κ1) is 22.4. The van der Waals surface area contributed by atoms with E-state index in [9.17, 15) is 4.39 Å². The largest absolute Gasteiger partial charge is 0.380 e. The SMILES string of the molecule is CCNC(=NCc1ccccc1COC)NCCc1cccc(F)c1.I. The third-order valence-electron chi connectivity index (χ3n) is 3.77. The Hall–Kier alpha value is -1.67. The van der Waals surface area contributed by atoms with Crippen LogP contribution < -0.4 is 10.6 Å². The number of hydrogen-bond donors (Lipinski definition) is 2. The highest BCUT2D eigenvalue weighted by molar-refractivity contribution is 14.0. The average Bonchev–Trinajstić information content (AvgIpc) is 2.61. The number of nitrogens with zero attached hydrogens (tertiary/aromatic N) is 1. The van der Waals surface area contributed by atoms with Gasteiger partial charge in [0, 0.05) is 20.2 Å². The maximum absolute atomic E-state index is 13.2. The van der Waals surface area contributed by atoms with Gasteiger partial charge in [0.15, 0.2) is 5.96 Å². The van der Waals surface area contributed by atoms with E-state index in [4.69, 9.17) is 4.74 Å². The quantitative estimate of drug-likeness (QED) is 0.349. The molecule has 0 heterocycles. The minimum absolute atomic E-state index is 0. The molecule has 0 aromatic heterocycles. The van der Waals surface area contributed by atoms with E-state index in [1.54, 1.807) is 19.2 Å². The van der Waals surface area contributed by atoms with Crippen LogP contribution in [0, 0.1) is 5.82 Å². The molecule has 2 aromatic rings. The molecule has 4 nitrogen and oxygen atoms in total. The van der Waals surface area contributed by atoms with Crippen molar-refractivity contribution >= 4 is 29.9 Å². The molecule has 6 heteroatoms. The Kier molecular flexibility index (Phi) is 10.9. The molecule has 0 aliphatic heterocycles. The van der Waals surface area contributed by atoms with Crippen molar-refractivity contribution in [2.75, 3.05) is 20.2 Å². The topological polar surface area (TPSA) is 45.7 Å². The molecule has 2 aromatic carbocycles. The predicted molar refractivity (Wildman–Crippen MR) is 115 cm³/mol. The normalized spacial score (nSPS) is 11.0. The Morgan fingerprint density at radius 1 is 1.08 bits per heavy atom. The fourth-order valence-corrected chi connectivity index (χ4v) is 2.53. The molecule has 0 aliphatic rings. The van der Waals surface area contributed by atoms with E-state index in [0.29, 0.717) is 19.7 Å². The monoisotopic (exact) mass is 471 g/mol. The molecule has 0 atom stereocenters. The number of nitrogens with one attached hydrogen (secondary N) is 2. The van der Waals surface area contributed by atoms with Gasteiger partial charge in [-0.2, -0.15) is 0 Å². The van der Waals surface area contributed by atoms with E-state index in [2.05, 4.69) is 27.8 Å². The Balaban J connectivity index is 0.00000338. The van der Waals surface area contributed by atoms with E-state index < -0.39 is 0 Å². The fourth-order valence-electron chi connectivity index (χ4n) is 2.53. The second-order valence-corrected chi connectivity index (χ2v) is 5.70. The first-order valence-corrected chi connectivity index (χ1v) is 8.55. The van der Waals surface area contributed by atoms with Crippen LogP contribution in [0.15, 0.2) is 53.5 Å². The zero-order chi connectivity index (χ0) is 17.9. The van der Waals surface area contributed by atoms with Gasteiger partial charge in [0.1, 0.15) is 5.82 Å². The number of methoxy groups -OCH3 is 1. The fraction of sp³-hybridized carbons (Fsp3) is 0.350. The van der Waals surface area contributed by atoms with Crippen molar-refractivity contribution in [1.29, 1.82) is 0 Å². The molecule has 2 N–H and O–H groups in total. The van der Waals surface area contributed by atoms with Gasteiger partial charge in [-0.05, 0) is 42.2 Å². The summed E-state index contributed by atoms with van der Waals surface area (Å²) in [6.07, 6.45) is 0.739. The highest BCUT2D eigenvalue weighted by atomic mass is 127. The number of benzene rings is 2. The summed E-state index contributed by atoms with van der Waals surface area (Å²) in [6.45, 7) is 4.66. The molecule has 0 aliphatic carbocycles. The van der Waals surface area contributed by atoms with E-state index in [0.717, 1.165) is 35.6 Å². The van der Waals surface area contributed by atoms with Crippen molar-refractivity contribution in [1.82, 2.24) is 10.6 Å². The lowest BCUT2D eigenvalue weighted by atomic mass is 10.1. The van der Waals surface area contributed by atoms with Crippen molar-refractivity contribution in [3.8, 4) is 0 Å². The Labute approximate surface area is 172 Å². The van der Waals surface area contributed by atoms with Crippen molar-refractivity contribution in [3.05, 3.63) is 71.0 Å². The smallest absolute Gasteiger partial charge is 0.191 e. The summed E-state index contributed by atoms with van der Waals surface area (Å²) in [4.78, 5) is 4.64. The Morgan fingerprint density at radius 3 is 2.54 bits per heavy atom. The molecule has 26 heavy (non-hydrogen) atoms. The zero-order valence-electron chi connectivity index (χ0n) is 15.3. The van der Waals surface area contributed by atoms with Crippen LogP contribution in [-0.4, -0.2) is 26.2 Å². The highest BCUT2D eigenvalue weighted by Gasteiger charge is 2.03. The van der Waals surface area contributed by atoms with E-state index >= 15 is 0 Å². The number of halogens is 2. The van der Waals surface area contributed by atoms with Crippen LogP contribution in [0.25, 0.3) is 0 Å². The maximum Gasteiger partial charge on any atom is 0.191 e. The lowest BCUT2D eigenvalue weighted by molar-refractivity contribution is 0.184. The van der Waals surface area contributed by atoms with Crippen LogP contribution in [0.1, 0.15) is 23.6 Å². The first-order valence-electron chi connectivity index (χ1n) is 8.55. The standard InChI is InChI=1S/C20H26FN3O.HI/c1-3-22-20(23-12-11-16-7-6-10-19(21)13-16)24-14-17-8-4-5-9-18(17)15-25-2;/h4-10,13H,3,11-12,14-15H2,1-2H3,(H2,22,23,24);1H. The predicted octanol–water partition coefficient (Wildman–Crippen LogP) is 3.89. The van der Waals surface area contributed by atoms with Gasteiger partial charge in [0.05, 0.1) is 13.2 Å². The van der Waals surface area contributed by atoms with Gasteiger partial charge in [-0.15, -0.1) is 24.0 Å². The second-order valence-electron chi connectivity index (χ2n) is 5.70. The van der Waals surface area contributed by atoms with Gasteiger partial charge in [0.2, 0.25) is 0 Å². The lowest BCUT2D eigenvalue weighted by Crippen LogP contribution is -2.38. The Bertz CT molecular complexity index is 694. The van der Waals surface area contributed by atoms with E-state index in [1.165, 1.54) is 6.07 Å². The van der Waals surface area contributed by atoms with Crippen molar-refractivity contribution in [2.24, 2.45) is 4.99 Å². The molecule has 0 amide bonds. The molecule has 2 rings (SSSR count). The number of ether oxygens (including phenoxy) is 1. The van der Waals surface area contributed by atoms with Gasteiger partial charge in [-0.3, -0.25) is 0 Å². The second kappa shape index (κ2) is 12.6. The van der Waals surface area contributed by atoms with Crippen molar-refractivity contribution in [3.63, 3.8) is 0 Å². The molecule has 0 saturated carbocycles. The number of guanidine groups is 1. The molecule has 0 unspecified atom stereocenters. The van der Waals surface area contributed by atoms with Crippen LogP contribution >= 0.6 is 24.0 Å². The van der Waals surface area contributed by atoms with Crippen molar-refractivity contribution < 1.29 is 9.13 Å². The summed E-state index contributed by atoms with van der Waals surface area (Å²) < 4.78 is 18.5. The van der Waals surface area contributed by atoms with E-state index in [1.807, 2.05) is 25.1 Å². The van der Waals surface area contributed by atoms with E-state index in [-0.39, 0.29) is 29.8 Å². The summed E-state index contributed by atoms with van der Waals surface area (Å²) in [5, 5.41) is 6.53. The Morgan fingerprint density at radius 2 is 1.85 bits per heavy atom. The van der Waals surface area contributed by atoms with Crippen LogP contribution in [-0.2, 0) is 24.3 Å². The number of aliphatic imine (C=N–C) groups is 1. The maximum atomic E-state index is 13.2. The molecule has 0 bridgehead atoms. The molecule has 0 saturated heterocycles. The zero-order valence-corrected chi connectivity index (χ0v) is 17.6. The third-order valence-corrected chi connectivity index (χ3v) is 3.77. The first-order chi connectivity index (χ1) is 12.2. The van der Waals surface area contributed by atoms with Crippen LogP contribution in [0.2, 0.25) is 0 Å². The van der Waals surface area contributed by atoms with Crippen LogP contribution in [0.3, 0.4) is 0 Å².